The van der Waals surface area contributed by atoms with Gasteiger partial charge < -0.3 is 4.74 Å². The summed E-state index contributed by atoms with van der Waals surface area (Å²) in [5.41, 5.74) is 3.48. The summed E-state index contributed by atoms with van der Waals surface area (Å²) in [6.07, 6.45) is -0.371. The smallest absolute Gasteiger partial charge is 0.241 e. The van der Waals surface area contributed by atoms with Gasteiger partial charge in [-0.25, -0.2) is 13.1 Å². The number of thiophene rings is 1. The van der Waals surface area contributed by atoms with Crippen LogP contribution in [0.4, 0.5) is 0 Å². The van der Waals surface area contributed by atoms with Gasteiger partial charge in [0.25, 0.3) is 0 Å². The third kappa shape index (κ3) is 4.00. The summed E-state index contributed by atoms with van der Waals surface area (Å²) in [4.78, 5) is 1.25. The first kappa shape index (κ1) is 19.4. The maximum absolute atomic E-state index is 12.8. The lowest BCUT2D eigenvalue weighted by molar-refractivity contribution is 0.110. The monoisotopic (exact) mass is 387 g/mol. The fourth-order valence-corrected chi connectivity index (χ4v) is 5.42. The van der Waals surface area contributed by atoms with Gasteiger partial charge in [-0.1, -0.05) is 17.7 Å². The molecule has 0 bridgehead atoms. The molecule has 24 heavy (non-hydrogen) atoms. The van der Waals surface area contributed by atoms with Crippen molar-refractivity contribution in [2.24, 2.45) is 0 Å². The van der Waals surface area contributed by atoms with E-state index in [0.29, 0.717) is 9.23 Å². The van der Waals surface area contributed by atoms with Crippen LogP contribution in [0.1, 0.15) is 33.2 Å². The minimum Gasteiger partial charge on any atom is -0.375 e. The van der Waals surface area contributed by atoms with Crippen molar-refractivity contribution in [1.29, 1.82) is 0 Å². The van der Waals surface area contributed by atoms with Crippen LogP contribution in [0.5, 0.6) is 0 Å². The Bertz CT molecular complexity index is 818. The van der Waals surface area contributed by atoms with Crippen LogP contribution in [0.2, 0.25) is 4.34 Å². The second kappa shape index (κ2) is 7.54. The van der Waals surface area contributed by atoms with Gasteiger partial charge in [-0.15, -0.1) is 11.3 Å². The van der Waals surface area contributed by atoms with E-state index in [0.717, 1.165) is 27.1 Å². The summed E-state index contributed by atoms with van der Waals surface area (Å²) in [7, 11) is -2.08. The highest BCUT2D eigenvalue weighted by atomic mass is 35.5. The normalized spacial score (nSPS) is 13.2. The lowest BCUT2D eigenvalue weighted by Crippen LogP contribution is -2.30. The number of aryl methyl sites for hydroxylation is 2. The molecule has 0 aliphatic rings. The molecule has 0 spiro atoms. The molecule has 0 saturated heterocycles. The quantitative estimate of drug-likeness (QED) is 0.803. The molecule has 1 atom stereocenters. The van der Waals surface area contributed by atoms with Crippen molar-refractivity contribution in [3.8, 4) is 0 Å². The molecule has 7 heteroatoms. The van der Waals surface area contributed by atoms with Gasteiger partial charge in [0.05, 0.1) is 9.23 Å². The molecule has 0 fully saturated rings. The number of hydrogen-bond acceptors (Lipinski definition) is 4. The predicted octanol–water partition coefficient (Wildman–Crippen LogP) is 4.30. The molecule has 2 rings (SSSR count). The highest BCUT2D eigenvalue weighted by molar-refractivity contribution is 7.89. The topological polar surface area (TPSA) is 55.4 Å². The van der Waals surface area contributed by atoms with Gasteiger partial charge in [0.2, 0.25) is 10.0 Å². The van der Waals surface area contributed by atoms with E-state index < -0.39 is 10.0 Å². The Morgan fingerprint density at radius 2 is 1.75 bits per heavy atom. The molecule has 0 aliphatic heterocycles. The first-order chi connectivity index (χ1) is 11.2. The number of benzene rings is 1. The van der Waals surface area contributed by atoms with E-state index in [1.54, 1.807) is 13.2 Å². The molecule has 1 heterocycles. The third-order valence-electron chi connectivity index (χ3n) is 4.22. The summed E-state index contributed by atoms with van der Waals surface area (Å²) < 4.78 is 34.4. The van der Waals surface area contributed by atoms with E-state index in [1.807, 2.05) is 39.8 Å². The van der Waals surface area contributed by atoms with Crippen molar-refractivity contribution in [2.75, 3.05) is 13.7 Å². The van der Waals surface area contributed by atoms with Gasteiger partial charge in [-0.05, 0) is 62.1 Å². The number of nitrogens with one attached hydrogen (secondary N) is 1. The molecule has 1 N–H and O–H groups in total. The van der Waals surface area contributed by atoms with Crippen LogP contribution in [0.25, 0.3) is 0 Å². The minimum absolute atomic E-state index is 0.154. The standard InChI is InChI=1S/C17H22ClNO3S2/c1-10-8-11(2)13(4)17(12(10)3)24(20,21)19-9-14(22-5)15-6-7-16(18)23-15/h6-8,14,19H,9H2,1-5H3. The number of sulfonamides is 1. The molecular weight excluding hydrogens is 366 g/mol. The fraction of sp³-hybridized carbons (Fsp3) is 0.412. The Kier molecular flexibility index (Phi) is 6.09. The van der Waals surface area contributed by atoms with E-state index in [4.69, 9.17) is 16.3 Å². The Hall–Kier alpha value is -0.920. The van der Waals surface area contributed by atoms with Crippen molar-refractivity contribution in [3.63, 3.8) is 0 Å². The van der Waals surface area contributed by atoms with Crippen LogP contribution in [-0.2, 0) is 14.8 Å². The zero-order chi connectivity index (χ0) is 18.1. The summed E-state index contributed by atoms with van der Waals surface area (Å²) in [6.45, 7) is 7.67. The number of hydrogen-bond donors (Lipinski definition) is 1. The second-order valence-electron chi connectivity index (χ2n) is 5.81. The molecule has 0 radical (unpaired) electrons. The van der Waals surface area contributed by atoms with Crippen molar-refractivity contribution in [2.45, 2.75) is 38.7 Å². The van der Waals surface area contributed by atoms with Gasteiger partial charge in [0, 0.05) is 18.5 Å². The Labute approximate surface area is 152 Å². The maximum atomic E-state index is 12.8. The summed E-state index contributed by atoms with van der Waals surface area (Å²) in [5.74, 6) is 0. The van der Waals surface area contributed by atoms with E-state index in [2.05, 4.69) is 4.72 Å². The van der Waals surface area contributed by atoms with Crippen LogP contribution in [0.15, 0.2) is 23.1 Å². The van der Waals surface area contributed by atoms with E-state index in [1.165, 1.54) is 11.3 Å². The van der Waals surface area contributed by atoms with Crippen molar-refractivity contribution < 1.29 is 13.2 Å². The molecule has 4 nitrogen and oxygen atoms in total. The zero-order valence-electron chi connectivity index (χ0n) is 14.4. The largest absolute Gasteiger partial charge is 0.375 e. The molecule has 1 aromatic carbocycles. The molecule has 1 unspecified atom stereocenters. The fourth-order valence-electron chi connectivity index (χ4n) is 2.64. The molecule has 132 valence electrons. The van der Waals surface area contributed by atoms with Gasteiger partial charge in [0.1, 0.15) is 6.10 Å². The van der Waals surface area contributed by atoms with Crippen LogP contribution >= 0.6 is 22.9 Å². The van der Waals surface area contributed by atoms with Crippen LogP contribution in [-0.4, -0.2) is 22.1 Å². The number of methoxy groups -OCH3 is 1. The van der Waals surface area contributed by atoms with Crippen LogP contribution in [0, 0.1) is 27.7 Å². The molecule has 0 saturated carbocycles. The van der Waals surface area contributed by atoms with E-state index in [9.17, 15) is 8.42 Å². The summed E-state index contributed by atoms with van der Waals surface area (Å²) >= 11 is 7.33. The average molecular weight is 388 g/mol. The summed E-state index contributed by atoms with van der Waals surface area (Å²) in [6, 6.07) is 5.64. The maximum Gasteiger partial charge on any atom is 0.241 e. The Morgan fingerprint density at radius 1 is 1.17 bits per heavy atom. The van der Waals surface area contributed by atoms with E-state index in [-0.39, 0.29) is 12.6 Å². The lowest BCUT2D eigenvalue weighted by Gasteiger charge is -2.18. The van der Waals surface area contributed by atoms with Gasteiger partial charge in [0.15, 0.2) is 0 Å². The van der Waals surface area contributed by atoms with Crippen molar-refractivity contribution in [3.05, 3.63) is 49.7 Å². The molecule has 2 aromatic rings. The predicted molar refractivity (Wildman–Crippen MR) is 99.7 cm³/mol. The van der Waals surface area contributed by atoms with Crippen LogP contribution < -0.4 is 4.72 Å². The molecule has 0 aliphatic carbocycles. The highest BCUT2D eigenvalue weighted by Gasteiger charge is 2.24. The first-order valence-electron chi connectivity index (χ1n) is 7.52. The molecule has 0 amide bonds. The zero-order valence-corrected chi connectivity index (χ0v) is 16.8. The second-order valence-corrected chi connectivity index (χ2v) is 9.26. The van der Waals surface area contributed by atoms with Gasteiger partial charge in [-0.2, -0.15) is 0 Å². The Morgan fingerprint density at radius 3 is 2.21 bits per heavy atom. The summed E-state index contributed by atoms with van der Waals surface area (Å²) in [5, 5.41) is 0. The Balaban J connectivity index is 2.29. The number of ether oxygens (including phenoxy) is 1. The van der Waals surface area contributed by atoms with Crippen molar-refractivity contribution in [1.82, 2.24) is 4.72 Å². The lowest BCUT2D eigenvalue weighted by atomic mass is 10.0. The van der Waals surface area contributed by atoms with Gasteiger partial charge in [-0.3, -0.25) is 0 Å². The SMILES string of the molecule is COC(CNS(=O)(=O)c1c(C)c(C)cc(C)c1C)c1ccc(Cl)s1. The van der Waals surface area contributed by atoms with E-state index >= 15 is 0 Å². The minimum atomic E-state index is -3.63. The molecular formula is C17H22ClNO3S2. The number of halogens is 1. The number of rotatable bonds is 6. The van der Waals surface area contributed by atoms with Crippen molar-refractivity contribution >= 4 is 33.0 Å². The average Bonchev–Trinajstić information content (AvgIpc) is 2.92. The van der Waals surface area contributed by atoms with Crippen LogP contribution in [0.3, 0.4) is 0 Å². The van der Waals surface area contributed by atoms with Gasteiger partial charge >= 0.3 is 0 Å². The first-order valence-corrected chi connectivity index (χ1v) is 10.2. The highest BCUT2D eigenvalue weighted by Crippen LogP contribution is 2.30. The third-order valence-corrected chi connectivity index (χ3v) is 7.24. The molecule has 1 aromatic heterocycles.